The van der Waals surface area contributed by atoms with Crippen LogP contribution in [0.2, 0.25) is 0 Å². The molecule has 0 aromatic rings. The Morgan fingerprint density at radius 3 is 2.23 bits per heavy atom. The second kappa shape index (κ2) is 12.7. The number of nitrogens with zero attached hydrogens (tertiary/aromatic N) is 2. The van der Waals surface area contributed by atoms with E-state index < -0.39 is 5.97 Å². The summed E-state index contributed by atoms with van der Waals surface area (Å²) in [5, 5.41) is 11.5. The maximum Gasteiger partial charge on any atom is 0.323 e. The number of hydrogen-bond acceptors (Lipinski definition) is 3. The van der Waals surface area contributed by atoms with Crippen LogP contribution in [-0.2, 0) is 4.79 Å². The van der Waals surface area contributed by atoms with Gasteiger partial charge in [0.05, 0.1) is 6.04 Å². The molecule has 0 saturated carbocycles. The molecule has 0 aromatic heterocycles. The number of carboxylic acids is 1. The largest absolute Gasteiger partial charge is 0.481 e. The molecule has 0 bridgehead atoms. The van der Waals surface area contributed by atoms with E-state index in [1.54, 1.807) is 0 Å². The van der Waals surface area contributed by atoms with E-state index in [-0.39, 0.29) is 18.1 Å². The van der Waals surface area contributed by atoms with Crippen molar-refractivity contribution < 1.29 is 14.7 Å². The van der Waals surface area contributed by atoms with E-state index in [1.807, 2.05) is 18.7 Å². The number of aliphatic carboxylic acids is 1. The average Bonchev–Trinajstić information content (AvgIpc) is 2.88. The molecule has 2 amide bonds. The molecule has 26 heavy (non-hydrogen) atoms. The highest BCUT2D eigenvalue weighted by Gasteiger charge is 2.37. The van der Waals surface area contributed by atoms with Crippen molar-refractivity contribution in [3.63, 3.8) is 0 Å². The van der Waals surface area contributed by atoms with Gasteiger partial charge in [-0.3, -0.25) is 15.1 Å². The first-order valence-electron chi connectivity index (χ1n) is 10.3. The second-order valence-corrected chi connectivity index (χ2v) is 7.47. The molecule has 1 aliphatic heterocycles. The van der Waals surface area contributed by atoms with Gasteiger partial charge < -0.3 is 10.0 Å². The molecule has 0 radical (unpaired) electrons. The number of carboxylic acid groups (broad SMARTS) is 1. The van der Waals surface area contributed by atoms with Crippen LogP contribution in [0.3, 0.4) is 0 Å². The number of unbranched alkanes of at least 4 members (excludes halogenated alkanes) is 7. The van der Waals surface area contributed by atoms with Gasteiger partial charge >= 0.3 is 12.0 Å². The highest BCUT2D eigenvalue weighted by atomic mass is 16.4. The summed E-state index contributed by atoms with van der Waals surface area (Å²) >= 11 is 0. The second-order valence-electron chi connectivity index (χ2n) is 7.47. The quantitative estimate of drug-likeness (QED) is 0.441. The maximum atomic E-state index is 12.1. The Labute approximate surface area is 158 Å². The van der Waals surface area contributed by atoms with Crippen molar-refractivity contribution in [2.75, 3.05) is 6.54 Å². The monoisotopic (exact) mass is 367 g/mol. The zero-order chi connectivity index (χ0) is 19.4. The average molecular weight is 368 g/mol. The summed E-state index contributed by atoms with van der Waals surface area (Å²) in [6.07, 6.45) is 11.0. The predicted molar refractivity (Wildman–Crippen MR) is 106 cm³/mol. The summed E-state index contributed by atoms with van der Waals surface area (Å²) in [6, 6.07) is 0.285. The lowest BCUT2D eigenvalue weighted by molar-refractivity contribution is -0.137. The van der Waals surface area contributed by atoms with Crippen LogP contribution in [-0.4, -0.2) is 46.5 Å². The minimum Gasteiger partial charge on any atom is -0.481 e. The fourth-order valence-corrected chi connectivity index (χ4v) is 3.47. The Balaban J connectivity index is 2.17. The molecule has 0 spiro atoms. The molecule has 0 aliphatic carbocycles. The molecular weight excluding hydrogens is 330 g/mol. The van der Waals surface area contributed by atoms with Gasteiger partial charge in [0, 0.05) is 19.0 Å². The lowest BCUT2D eigenvalue weighted by atomic mass is 10.1. The van der Waals surface area contributed by atoms with E-state index in [9.17, 15) is 9.59 Å². The summed E-state index contributed by atoms with van der Waals surface area (Å²) in [5.41, 5.74) is 0. The van der Waals surface area contributed by atoms with Crippen molar-refractivity contribution in [2.24, 2.45) is 4.99 Å². The molecular formula is C20H37N3O3. The number of nitrogens with one attached hydrogen (secondary N) is 1. The lowest BCUT2D eigenvalue weighted by Crippen LogP contribution is -2.40. The molecule has 6 heteroatoms. The van der Waals surface area contributed by atoms with Gasteiger partial charge in [0.15, 0.2) is 0 Å². The highest BCUT2D eigenvalue weighted by molar-refractivity contribution is 6.07. The smallest absolute Gasteiger partial charge is 0.323 e. The van der Waals surface area contributed by atoms with Crippen LogP contribution in [0.4, 0.5) is 4.79 Å². The first-order valence-corrected chi connectivity index (χ1v) is 10.3. The topological polar surface area (TPSA) is 82.0 Å². The molecule has 1 heterocycles. The number of amidine groups is 1. The SMILES string of the molecule is CCCC1C(=NCCCCCCCCCCC(=O)O)NC(=O)N1C(C)C. The zero-order valence-corrected chi connectivity index (χ0v) is 16.8. The predicted octanol–water partition coefficient (Wildman–Crippen LogP) is 4.58. The fraction of sp³-hybridized carbons (Fsp3) is 0.850. The zero-order valence-electron chi connectivity index (χ0n) is 16.8. The Kier molecular flexibility index (Phi) is 11.0. The Hall–Kier alpha value is -1.59. The van der Waals surface area contributed by atoms with Crippen LogP contribution >= 0.6 is 0 Å². The van der Waals surface area contributed by atoms with Crippen molar-refractivity contribution in [3.8, 4) is 0 Å². The number of aliphatic imine (C=N–C) groups is 1. The number of amides is 2. The maximum absolute atomic E-state index is 12.1. The van der Waals surface area contributed by atoms with Crippen molar-refractivity contribution in [1.29, 1.82) is 0 Å². The first-order chi connectivity index (χ1) is 12.5. The molecule has 1 saturated heterocycles. The molecule has 6 nitrogen and oxygen atoms in total. The van der Waals surface area contributed by atoms with Crippen LogP contribution in [0.25, 0.3) is 0 Å². The molecule has 2 N–H and O–H groups in total. The third kappa shape index (κ3) is 8.19. The van der Waals surface area contributed by atoms with E-state index in [0.29, 0.717) is 6.42 Å². The summed E-state index contributed by atoms with van der Waals surface area (Å²) < 4.78 is 0. The molecule has 1 atom stereocenters. The van der Waals surface area contributed by atoms with Gasteiger partial charge in [-0.05, 0) is 33.1 Å². The number of rotatable bonds is 14. The van der Waals surface area contributed by atoms with Crippen LogP contribution < -0.4 is 5.32 Å². The third-order valence-corrected chi connectivity index (χ3v) is 4.82. The van der Waals surface area contributed by atoms with Crippen LogP contribution in [0.15, 0.2) is 4.99 Å². The minimum atomic E-state index is -0.692. The van der Waals surface area contributed by atoms with Gasteiger partial charge in [-0.2, -0.15) is 0 Å². The van der Waals surface area contributed by atoms with Crippen molar-refractivity contribution >= 4 is 17.8 Å². The van der Waals surface area contributed by atoms with Gasteiger partial charge in [-0.25, -0.2) is 4.79 Å². The van der Waals surface area contributed by atoms with E-state index in [0.717, 1.165) is 57.3 Å². The van der Waals surface area contributed by atoms with Gasteiger partial charge in [0.1, 0.15) is 5.84 Å². The van der Waals surface area contributed by atoms with Crippen molar-refractivity contribution in [2.45, 2.75) is 103 Å². The Morgan fingerprint density at radius 1 is 1.12 bits per heavy atom. The third-order valence-electron chi connectivity index (χ3n) is 4.82. The summed E-state index contributed by atoms with van der Waals surface area (Å²) in [6.45, 7) is 7.01. The standard InChI is InChI=1S/C20H37N3O3/c1-4-13-17-19(22-20(26)23(17)16(2)3)21-15-12-10-8-6-5-7-9-11-14-18(24)25/h16-17H,4-15H2,1-3H3,(H,24,25)(H,21,22,26). The van der Waals surface area contributed by atoms with Gasteiger partial charge in [-0.15, -0.1) is 0 Å². The summed E-state index contributed by atoms with van der Waals surface area (Å²) in [4.78, 5) is 29.1. The van der Waals surface area contributed by atoms with Gasteiger partial charge in [0.25, 0.3) is 0 Å². The van der Waals surface area contributed by atoms with Crippen molar-refractivity contribution in [3.05, 3.63) is 0 Å². The highest BCUT2D eigenvalue weighted by Crippen LogP contribution is 2.18. The van der Waals surface area contributed by atoms with Crippen molar-refractivity contribution in [1.82, 2.24) is 10.2 Å². The molecule has 0 aromatic carbocycles. The fourth-order valence-electron chi connectivity index (χ4n) is 3.47. The number of carbonyl (C=O) groups is 2. The molecule has 150 valence electrons. The Bertz CT molecular complexity index is 463. The molecule has 1 aliphatic rings. The van der Waals surface area contributed by atoms with Crippen LogP contribution in [0.5, 0.6) is 0 Å². The number of urea groups is 1. The summed E-state index contributed by atoms with van der Waals surface area (Å²) in [5.74, 6) is 0.159. The number of carbonyl (C=O) groups excluding carboxylic acids is 1. The first kappa shape index (κ1) is 22.5. The van der Waals surface area contributed by atoms with E-state index in [1.165, 1.54) is 19.3 Å². The lowest BCUT2D eigenvalue weighted by Gasteiger charge is -2.26. The van der Waals surface area contributed by atoms with Gasteiger partial charge in [0.2, 0.25) is 0 Å². The van der Waals surface area contributed by atoms with E-state index in [2.05, 4.69) is 17.2 Å². The van der Waals surface area contributed by atoms with E-state index >= 15 is 0 Å². The molecule has 1 fully saturated rings. The normalized spacial score (nSPS) is 18.8. The van der Waals surface area contributed by atoms with Crippen LogP contribution in [0, 0.1) is 0 Å². The van der Waals surface area contributed by atoms with Gasteiger partial charge in [-0.1, -0.05) is 51.9 Å². The minimum absolute atomic E-state index is 0.0138. The van der Waals surface area contributed by atoms with Crippen LogP contribution in [0.1, 0.15) is 91.4 Å². The Morgan fingerprint density at radius 2 is 1.69 bits per heavy atom. The van der Waals surface area contributed by atoms with E-state index in [4.69, 9.17) is 5.11 Å². The molecule has 1 unspecified atom stereocenters. The summed E-state index contributed by atoms with van der Waals surface area (Å²) in [7, 11) is 0. The molecule has 1 rings (SSSR count). The number of hydrogen-bond donors (Lipinski definition) is 2.